The molecule has 102 valence electrons. The van der Waals surface area contributed by atoms with E-state index in [1.807, 2.05) is 24.4 Å². The molecule has 3 heterocycles. The minimum Gasteiger partial charge on any atom is -0.459 e. The SMILES string of the molecule is Cc1nc(-c2ccc(CNC(=O)c3ccco3)o2)cs1. The van der Waals surface area contributed by atoms with Crippen molar-refractivity contribution in [2.45, 2.75) is 13.5 Å². The summed E-state index contributed by atoms with van der Waals surface area (Å²) < 4.78 is 10.7. The zero-order valence-corrected chi connectivity index (χ0v) is 11.6. The second kappa shape index (κ2) is 5.34. The summed E-state index contributed by atoms with van der Waals surface area (Å²) in [6.07, 6.45) is 1.46. The molecular formula is C14H12N2O3S. The van der Waals surface area contributed by atoms with Crippen LogP contribution in [-0.4, -0.2) is 10.9 Å². The van der Waals surface area contributed by atoms with Gasteiger partial charge in [-0.2, -0.15) is 0 Å². The molecule has 0 aliphatic rings. The van der Waals surface area contributed by atoms with Crippen LogP contribution >= 0.6 is 11.3 Å². The molecule has 0 aliphatic heterocycles. The van der Waals surface area contributed by atoms with Gasteiger partial charge in [-0.3, -0.25) is 4.79 Å². The molecule has 5 nitrogen and oxygen atoms in total. The molecule has 0 unspecified atom stereocenters. The second-order valence-corrected chi connectivity index (χ2v) is 5.24. The van der Waals surface area contributed by atoms with Crippen molar-refractivity contribution in [1.29, 1.82) is 0 Å². The van der Waals surface area contributed by atoms with Gasteiger partial charge in [0.05, 0.1) is 17.8 Å². The van der Waals surface area contributed by atoms with Crippen LogP contribution in [0.15, 0.2) is 44.7 Å². The van der Waals surface area contributed by atoms with Gasteiger partial charge in [0.25, 0.3) is 5.91 Å². The van der Waals surface area contributed by atoms with Crippen LogP contribution in [0.4, 0.5) is 0 Å². The zero-order chi connectivity index (χ0) is 13.9. The van der Waals surface area contributed by atoms with Crippen molar-refractivity contribution >= 4 is 17.2 Å². The Morgan fingerprint density at radius 1 is 1.40 bits per heavy atom. The van der Waals surface area contributed by atoms with E-state index in [9.17, 15) is 4.79 Å². The third-order valence-electron chi connectivity index (χ3n) is 2.70. The molecule has 0 saturated heterocycles. The van der Waals surface area contributed by atoms with Crippen molar-refractivity contribution < 1.29 is 13.6 Å². The molecule has 0 spiro atoms. The van der Waals surface area contributed by atoms with Crippen LogP contribution in [0.3, 0.4) is 0 Å². The highest BCUT2D eigenvalue weighted by atomic mass is 32.1. The van der Waals surface area contributed by atoms with E-state index in [0.29, 0.717) is 18.1 Å². The Morgan fingerprint density at radius 2 is 2.30 bits per heavy atom. The second-order valence-electron chi connectivity index (χ2n) is 4.18. The van der Waals surface area contributed by atoms with Crippen molar-refractivity contribution in [3.8, 4) is 11.5 Å². The lowest BCUT2D eigenvalue weighted by molar-refractivity contribution is 0.0920. The highest BCUT2D eigenvalue weighted by Gasteiger charge is 2.11. The first-order valence-electron chi connectivity index (χ1n) is 6.05. The van der Waals surface area contributed by atoms with Crippen molar-refractivity contribution in [3.05, 3.63) is 52.4 Å². The first-order chi connectivity index (χ1) is 9.72. The third kappa shape index (κ3) is 2.65. The van der Waals surface area contributed by atoms with Crippen LogP contribution < -0.4 is 5.32 Å². The molecule has 1 N–H and O–H groups in total. The molecule has 0 radical (unpaired) electrons. The number of carbonyl (C=O) groups is 1. The predicted octanol–water partition coefficient (Wildman–Crippen LogP) is 3.23. The van der Waals surface area contributed by atoms with Crippen molar-refractivity contribution in [2.24, 2.45) is 0 Å². The van der Waals surface area contributed by atoms with Crippen LogP contribution in [0.2, 0.25) is 0 Å². The van der Waals surface area contributed by atoms with Crippen LogP contribution in [0.1, 0.15) is 21.3 Å². The average Bonchev–Trinajstić information content (AvgIpc) is 3.16. The standard InChI is InChI=1S/C14H12N2O3S/c1-9-16-11(8-20-9)12-5-4-10(19-12)7-15-14(17)13-3-2-6-18-13/h2-6,8H,7H2,1H3,(H,15,17). The number of carbonyl (C=O) groups excluding carboxylic acids is 1. The number of nitrogens with zero attached hydrogens (tertiary/aromatic N) is 1. The summed E-state index contributed by atoms with van der Waals surface area (Å²) in [5.41, 5.74) is 0.816. The highest BCUT2D eigenvalue weighted by Crippen LogP contribution is 2.23. The Hall–Kier alpha value is -2.34. The molecule has 0 saturated carbocycles. The number of nitrogens with one attached hydrogen (secondary N) is 1. The lowest BCUT2D eigenvalue weighted by Crippen LogP contribution is -2.21. The summed E-state index contributed by atoms with van der Waals surface area (Å²) in [4.78, 5) is 16.1. The van der Waals surface area contributed by atoms with Gasteiger partial charge >= 0.3 is 0 Å². The van der Waals surface area contributed by atoms with E-state index in [0.717, 1.165) is 10.7 Å². The predicted molar refractivity (Wildman–Crippen MR) is 74.4 cm³/mol. The molecule has 0 bridgehead atoms. The van der Waals surface area contributed by atoms with Gasteiger partial charge in [0, 0.05) is 5.38 Å². The molecule has 3 aromatic heterocycles. The maximum absolute atomic E-state index is 11.7. The average molecular weight is 288 g/mol. The Balaban J connectivity index is 1.64. The maximum Gasteiger partial charge on any atom is 0.287 e. The third-order valence-corrected chi connectivity index (χ3v) is 3.47. The summed E-state index contributed by atoms with van der Waals surface area (Å²) in [5, 5.41) is 5.66. The number of rotatable bonds is 4. The van der Waals surface area contributed by atoms with Gasteiger partial charge in [0.15, 0.2) is 11.5 Å². The van der Waals surface area contributed by atoms with Gasteiger partial charge in [0.1, 0.15) is 11.5 Å². The Kier molecular flexibility index (Phi) is 3.39. The largest absolute Gasteiger partial charge is 0.459 e. The number of aryl methyl sites for hydroxylation is 1. The molecule has 0 aliphatic carbocycles. The fourth-order valence-corrected chi connectivity index (χ4v) is 2.35. The van der Waals surface area contributed by atoms with E-state index in [1.54, 1.807) is 23.5 Å². The number of thiazole rings is 1. The monoisotopic (exact) mass is 288 g/mol. The normalized spacial score (nSPS) is 10.7. The summed E-state index contributed by atoms with van der Waals surface area (Å²) >= 11 is 1.57. The molecule has 3 rings (SSSR count). The van der Waals surface area contributed by atoms with E-state index in [4.69, 9.17) is 8.83 Å². The Bertz CT molecular complexity index is 712. The Labute approximate surface area is 119 Å². The summed E-state index contributed by atoms with van der Waals surface area (Å²) in [5.74, 6) is 1.39. The number of aromatic nitrogens is 1. The number of hydrogen-bond donors (Lipinski definition) is 1. The van der Waals surface area contributed by atoms with E-state index in [1.165, 1.54) is 6.26 Å². The zero-order valence-electron chi connectivity index (χ0n) is 10.8. The number of hydrogen-bond acceptors (Lipinski definition) is 5. The van der Waals surface area contributed by atoms with Gasteiger partial charge in [-0.1, -0.05) is 0 Å². The minimum atomic E-state index is -0.266. The molecule has 6 heteroatoms. The molecule has 0 fully saturated rings. The summed E-state index contributed by atoms with van der Waals surface area (Å²) in [7, 11) is 0. The summed E-state index contributed by atoms with van der Waals surface area (Å²) in [6.45, 7) is 2.25. The van der Waals surface area contributed by atoms with Gasteiger partial charge in [-0.15, -0.1) is 11.3 Å². The van der Waals surface area contributed by atoms with Crippen LogP contribution in [-0.2, 0) is 6.54 Å². The van der Waals surface area contributed by atoms with E-state index in [2.05, 4.69) is 10.3 Å². The van der Waals surface area contributed by atoms with Gasteiger partial charge < -0.3 is 14.2 Å². The van der Waals surface area contributed by atoms with E-state index in [-0.39, 0.29) is 11.7 Å². The fraction of sp³-hybridized carbons (Fsp3) is 0.143. The van der Waals surface area contributed by atoms with E-state index >= 15 is 0 Å². The van der Waals surface area contributed by atoms with Crippen molar-refractivity contribution in [3.63, 3.8) is 0 Å². The van der Waals surface area contributed by atoms with Crippen LogP contribution in [0.5, 0.6) is 0 Å². The molecule has 20 heavy (non-hydrogen) atoms. The smallest absolute Gasteiger partial charge is 0.287 e. The lowest BCUT2D eigenvalue weighted by Gasteiger charge is -1.99. The molecule has 1 amide bonds. The topological polar surface area (TPSA) is 68.3 Å². The lowest BCUT2D eigenvalue weighted by atomic mass is 10.3. The highest BCUT2D eigenvalue weighted by molar-refractivity contribution is 7.09. The molecule has 0 atom stereocenters. The first kappa shape index (κ1) is 12.7. The quantitative estimate of drug-likeness (QED) is 0.800. The first-order valence-corrected chi connectivity index (χ1v) is 6.93. The van der Waals surface area contributed by atoms with E-state index < -0.39 is 0 Å². The Morgan fingerprint density at radius 3 is 3.00 bits per heavy atom. The maximum atomic E-state index is 11.7. The van der Waals surface area contributed by atoms with Crippen molar-refractivity contribution in [1.82, 2.24) is 10.3 Å². The number of furan rings is 2. The summed E-state index contributed by atoms with van der Waals surface area (Å²) in [6, 6.07) is 6.96. The molecule has 0 aromatic carbocycles. The van der Waals surface area contributed by atoms with Crippen LogP contribution in [0, 0.1) is 6.92 Å². The molecular weight excluding hydrogens is 276 g/mol. The fourth-order valence-electron chi connectivity index (χ4n) is 1.75. The van der Waals surface area contributed by atoms with Crippen molar-refractivity contribution in [2.75, 3.05) is 0 Å². The van der Waals surface area contributed by atoms with Crippen LogP contribution in [0.25, 0.3) is 11.5 Å². The van der Waals surface area contributed by atoms with Gasteiger partial charge in [-0.25, -0.2) is 4.98 Å². The molecule has 3 aromatic rings. The van der Waals surface area contributed by atoms with Gasteiger partial charge in [0.2, 0.25) is 0 Å². The number of amides is 1. The minimum absolute atomic E-state index is 0.266. The van der Waals surface area contributed by atoms with Gasteiger partial charge in [-0.05, 0) is 31.2 Å².